The molecule has 5 nitrogen and oxygen atoms in total. The Balaban J connectivity index is 2.00. The first-order valence-electron chi connectivity index (χ1n) is 8.28. The number of esters is 1. The summed E-state index contributed by atoms with van der Waals surface area (Å²) in [6.07, 6.45) is 0. The molecule has 0 amide bonds. The van der Waals surface area contributed by atoms with Crippen LogP contribution < -0.4 is 0 Å². The summed E-state index contributed by atoms with van der Waals surface area (Å²) < 4.78 is 32.5. The summed E-state index contributed by atoms with van der Waals surface area (Å²) in [6, 6.07) is 16.5. The van der Waals surface area contributed by atoms with Crippen molar-refractivity contribution >= 4 is 16.0 Å². The van der Waals surface area contributed by atoms with Crippen LogP contribution in [-0.4, -0.2) is 37.4 Å². The van der Waals surface area contributed by atoms with Gasteiger partial charge in [-0.2, -0.15) is 4.31 Å². The maximum atomic E-state index is 13.0. The summed E-state index contributed by atoms with van der Waals surface area (Å²) in [5.41, 5.74) is 0.938. The summed E-state index contributed by atoms with van der Waals surface area (Å²) in [5, 5.41) is 0. The third kappa shape index (κ3) is 3.07. The lowest BCUT2D eigenvalue weighted by molar-refractivity contribution is -0.154. The van der Waals surface area contributed by atoms with Gasteiger partial charge in [0.15, 0.2) is 0 Å². The normalized spacial score (nSPS) is 23.7. The number of rotatable bonds is 5. The van der Waals surface area contributed by atoms with Gasteiger partial charge in [-0.05, 0) is 31.5 Å². The molecule has 0 aromatic heterocycles. The van der Waals surface area contributed by atoms with Crippen molar-refractivity contribution in [1.29, 1.82) is 0 Å². The molecule has 3 rings (SSSR count). The molecule has 0 radical (unpaired) electrons. The van der Waals surface area contributed by atoms with Crippen molar-refractivity contribution in [2.24, 2.45) is 0 Å². The van der Waals surface area contributed by atoms with Crippen molar-refractivity contribution in [1.82, 2.24) is 4.31 Å². The quantitative estimate of drug-likeness (QED) is 0.770. The third-order valence-electron chi connectivity index (χ3n) is 4.57. The summed E-state index contributed by atoms with van der Waals surface area (Å²) >= 11 is 0. The average molecular weight is 359 g/mol. The Bertz CT molecular complexity index is 836. The monoisotopic (exact) mass is 359 g/mol. The lowest BCUT2D eigenvalue weighted by Crippen LogP contribution is -2.66. The van der Waals surface area contributed by atoms with E-state index < -0.39 is 22.0 Å². The molecule has 6 heteroatoms. The SMILES string of the molecule is CCOC(=O)[C@H]1[C@H](c2ccccc2)[C@H](C)N1S(=O)(=O)c1ccccc1. The molecular weight excluding hydrogens is 338 g/mol. The van der Waals surface area contributed by atoms with Crippen molar-refractivity contribution in [3.05, 3.63) is 66.2 Å². The van der Waals surface area contributed by atoms with Crippen LogP contribution in [0.4, 0.5) is 0 Å². The van der Waals surface area contributed by atoms with Crippen LogP contribution in [0, 0.1) is 0 Å². The van der Waals surface area contributed by atoms with Gasteiger partial charge >= 0.3 is 5.97 Å². The Hall–Kier alpha value is -2.18. The number of benzene rings is 2. The van der Waals surface area contributed by atoms with E-state index >= 15 is 0 Å². The summed E-state index contributed by atoms with van der Waals surface area (Å²) in [6.45, 7) is 3.76. The Morgan fingerprint density at radius 1 is 1.04 bits per heavy atom. The number of carbonyl (C=O) groups excluding carboxylic acids is 1. The van der Waals surface area contributed by atoms with E-state index in [9.17, 15) is 13.2 Å². The van der Waals surface area contributed by atoms with E-state index in [1.807, 2.05) is 37.3 Å². The Morgan fingerprint density at radius 3 is 2.16 bits per heavy atom. The molecule has 0 saturated carbocycles. The van der Waals surface area contributed by atoms with Crippen molar-refractivity contribution < 1.29 is 17.9 Å². The zero-order valence-electron chi connectivity index (χ0n) is 14.2. The van der Waals surface area contributed by atoms with Gasteiger partial charge in [0.25, 0.3) is 0 Å². The molecule has 0 N–H and O–H groups in total. The van der Waals surface area contributed by atoms with Gasteiger partial charge in [0.2, 0.25) is 10.0 Å². The van der Waals surface area contributed by atoms with Crippen molar-refractivity contribution in [3.63, 3.8) is 0 Å². The molecule has 0 aliphatic carbocycles. The summed E-state index contributed by atoms with van der Waals surface area (Å²) in [5.74, 6) is -0.729. The van der Waals surface area contributed by atoms with Crippen LogP contribution >= 0.6 is 0 Å². The molecule has 1 aliphatic rings. The maximum Gasteiger partial charge on any atom is 0.325 e. The van der Waals surface area contributed by atoms with Gasteiger partial charge in [0.05, 0.1) is 11.5 Å². The fourth-order valence-electron chi connectivity index (χ4n) is 3.43. The number of hydrogen-bond acceptors (Lipinski definition) is 4. The van der Waals surface area contributed by atoms with Crippen LogP contribution in [0.25, 0.3) is 0 Å². The Morgan fingerprint density at radius 2 is 1.60 bits per heavy atom. The van der Waals surface area contributed by atoms with Gasteiger partial charge in [-0.3, -0.25) is 4.79 Å². The van der Waals surface area contributed by atoms with Crippen LogP contribution in [-0.2, 0) is 19.6 Å². The van der Waals surface area contributed by atoms with E-state index in [0.29, 0.717) is 0 Å². The highest BCUT2D eigenvalue weighted by Gasteiger charge is 2.57. The molecule has 0 spiro atoms. The average Bonchev–Trinajstić information content (AvgIpc) is 2.61. The van der Waals surface area contributed by atoms with Crippen molar-refractivity contribution in [2.75, 3.05) is 6.61 Å². The number of hydrogen-bond donors (Lipinski definition) is 0. The highest BCUT2D eigenvalue weighted by atomic mass is 32.2. The van der Waals surface area contributed by atoms with E-state index in [2.05, 4.69) is 0 Å². The molecule has 1 aliphatic heterocycles. The van der Waals surface area contributed by atoms with E-state index in [4.69, 9.17) is 4.74 Å². The van der Waals surface area contributed by atoms with Gasteiger partial charge in [0.1, 0.15) is 6.04 Å². The number of ether oxygens (including phenoxy) is 1. The predicted molar refractivity (Wildman–Crippen MR) is 94.5 cm³/mol. The lowest BCUT2D eigenvalue weighted by Gasteiger charge is -2.51. The standard InChI is InChI=1S/C19H21NO4S/c1-3-24-19(21)18-17(15-10-6-4-7-11-15)14(2)20(18)25(22,23)16-12-8-5-9-13-16/h4-14,17-18H,3H2,1-2H3/t14-,17-,18+/m0/s1. The zero-order valence-corrected chi connectivity index (χ0v) is 15.0. The fourth-order valence-corrected chi connectivity index (χ4v) is 5.26. The number of sulfonamides is 1. The Labute approximate surface area is 148 Å². The zero-order chi connectivity index (χ0) is 18.0. The molecule has 1 fully saturated rings. The molecule has 2 aromatic carbocycles. The minimum absolute atomic E-state index is 0.183. The second-order valence-corrected chi connectivity index (χ2v) is 7.87. The first-order valence-corrected chi connectivity index (χ1v) is 9.72. The van der Waals surface area contributed by atoms with Crippen LogP contribution in [0.3, 0.4) is 0 Å². The minimum atomic E-state index is -3.77. The molecule has 0 unspecified atom stereocenters. The molecule has 3 atom stereocenters. The van der Waals surface area contributed by atoms with E-state index in [1.165, 1.54) is 4.31 Å². The van der Waals surface area contributed by atoms with Gasteiger partial charge < -0.3 is 4.74 Å². The number of carbonyl (C=O) groups is 1. The highest BCUT2D eigenvalue weighted by molar-refractivity contribution is 7.89. The largest absolute Gasteiger partial charge is 0.465 e. The third-order valence-corrected chi connectivity index (χ3v) is 6.55. The van der Waals surface area contributed by atoms with E-state index in [-0.39, 0.29) is 23.5 Å². The van der Waals surface area contributed by atoms with E-state index in [0.717, 1.165) is 5.56 Å². The first kappa shape index (κ1) is 17.6. The van der Waals surface area contributed by atoms with E-state index in [1.54, 1.807) is 37.3 Å². The van der Waals surface area contributed by atoms with Crippen molar-refractivity contribution in [2.45, 2.75) is 36.7 Å². The second kappa shape index (κ2) is 6.98. The van der Waals surface area contributed by atoms with Gasteiger partial charge in [-0.1, -0.05) is 48.5 Å². The molecule has 1 saturated heterocycles. The topological polar surface area (TPSA) is 63.7 Å². The van der Waals surface area contributed by atoms with Gasteiger partial charge in [-0.15, -0.1) is 0 Å². The smallest absolute Gasteiger partial charge is 0.325 e. The molecule has 25 heavy (non-hydrogen) atoms. The molecule has 0 bridgehead atoms. The Kier molecular flexibility index (Phi) is 4.92. The lowest BCUT2D eigenvalue weighted by atomic mass is 9.78. The molecule has 2 aromatic rings. The van der Waals surface area contributed by atoms with Crippen LogP contribution in [0.2, 0.25) is 0 Å². The van der Waals surface area contributed by atoms with Gasteiger partial charge in [-0.25, -0.2) is 8.42 Å². The minimum Gasteiger partial charge on any atom is -0.465 e. The van der Waals surface area contributed by atoms with Crippen molar-refractivity contribution in [3.8, 4) is 0 Å². The first-order chi connectivity index (χ1) is 12.0. The summed E-state index contributed by atoms with van der Waals surface area (Å²) in [4.78, 5) is 12.7. The molecule has 1 heterocycles. The van der Waals surface area contributed by atoms with Crippen LogP contribution in [0.15, 0.2) is 65.6 Å². The van der Waals surface area contributed by atoms with Crippen LogP contribution in [0.5, 0.6) is 0 Å². The number of nitrogens with zero attached hydrogens (tertiary/aromatic N) is 1. The fraction of sp³-hybridized carbons (Fsp3) is 0.316. The maximum absolute atomic E-state index is 13.0. The summed E-state index contributed by atoms with van der Waals surface area (Å²) in [7, 11) is -3.77. The van der Waals surface area contributed by atoms with Crippen LogP contribution in [0.1, 0.15) is 25.3 Å². The molecular formula is C19H21NO4S. The molecule has 132 valence electrons. The predicted octanol–water partition coefficient (Wildman–Crippen LogP) is 2.79. The van der Waals surface area contributed by atoms with Gasteiger partial charge in [0, 0.05) is 12.0 Å². The highest BCUT2D eigenvalue weighted by Crippen LogP contribution is 2.44. The second-order valence-electron chi connectivity index (χ2n) is 6.02.